The van der Waals surface area contributed by atoms with Gasteiger partial charge in [0.1, 0.15) is 22.6 Å². The summed E-state index contributed by atoms with van der Waals surface area (Å²) >= 11 is 5.99. The number of hydrogen-bond acceptors (Lipinski definition) is 5. The lowest BCUT2D eigenvalue weighted by Gasteiger charge is -2.17. The number of anilines is 2. The van der Waals surface area contributed by atoms with E-state index in [9.17, 15) is 19.1 Å². The topological polar surface area (TPSA) is 107 Å². The number of nitrogens with one attached hydrogen (secondary N) is 2. The molecule has 0 radical (unpaired) electrons. The number of nitrogens with zero attached hydrogens (tertiary/aromatic N) is 3. The molecule has 0 saturated carbocycles. The monoisotopic (exact) mass is 457 g/mol. The van der Waals surface area contributed by atoms with Crippen LogP contribution in [0.15, 0.2) is 54.7 Å². The fraction of sp³-hybridized carbons (Fsp3) is 0.182. The van der Waals surface area contributed by atoms with E-state index in [1.165, 1.54) is 31.4 Å². The van der Waals surface area contributed by atoms with E-state index in [1.807, 2.05) is 6.07 Å². The second kappa shape index (κ2) is 10.5. The Bertz CT molecular complexity index is 1130. The minimum atomic E-state index is -1.16. The molecule has 0 aliphatic heterocycles. The van der Waals surface area contributed by atoms with Crippen molar-refractivity contribution in [2.24, 2.45) is 0 Å². The number of benzene rings is 1. The molecule has 2 heterocycles. The zero-order valence-corrected chi connectivity index (χ0v) is 17.9. The summed E-state index contributed by atoms with van der Waals surface area (Å²) in [7, 11) is 1.37. The van der Waals surface area contributed by atoms with Gasteiger partial charge in [-0.1, -0.05) is 29.8 Å². The molecule has 10 heteroatoms. The van der Waals surface area contributed by atoms with Crippen molar-refractivity contribution in [2.75, 3.05) is 23.8 Å². The van der Waals surface area contributed by atoms with Crippen molar-refractivity contribution in [3.63, 3.8) is 0 Å². The van der Waals surface area contributed by atoms with E-state index in [0.29, 0.717) is 24.3 Å². The summed E-state index contributed by atoms with van der Waals surface area (Å²) in [5, 5.41) is 15.2. The Morgan fingerprint density at radius 3 is 2.75 bits per heavy atom. The Kier molecular flexibility index (Phi) is 7.56. The summed E-state index contributed by atoms with van der Waals surface area (Å²) in [4.78, 5) is 33.3. The van der Waals surface area contributed by atoms with Gasteiger partial charge in [0, 0.05) is 31.9 Å². The van der Waals surface area contributed by atoms with E-state index in [4.69, 9.17) is 11.6 Å². The van der Waals surface area contributed by atoms with Crippen LogP contribution in [0.3, 0.4) is 0 Å². The minimum Gasteiger partial charge on any atom is -0.465 e. The van der Waals surface area contributed by atoms with E-state index in [1.54, 1.807) is 24.3 Å². The molecule has 0 bridgehead atoms. The Morgan fingerprint density at radius 1 is 1.19 bits per heavy atom. The normalized spacial score (nSPS) is 10.5. The highest BCUT2D eigenvalue weighted by atomic mass is 35.5. The summed E-state index contributed by atoms with van der Waals surface area (Å²) in [6.45, 7) is 0.470. The third-order valence-corrected chi connectivity index (χ3v) is 4.82. The molecule has 2 aromatic heterocycles. The van der Waals surface area contributed by atoms with Crippen molar-refractivity contribution in [3.05, 3.63) is 82.4 Å². The van der Waals surface area contributed by atoms with Gasteiger partial charge < -0.3 is 15.7 Å². The van der Waals surface area contributed by atoms with Crippen molar-refractivity contribution in [1.29, 1.82) is 0 Å². The van der Waals surface area contributed by atoms with Gasteiger partial charge in [-0.05, 0) is 42.3 Å². The van der Waals surface area contributed by atoms with Crippen LogP contribution >= 0.6 is 11.6 Å². The molecule has 32 heavy (non-hydrogen) atoms. The number of aromatic nitrogens is 2. The van der Waals surface area contributed by atoms with Crippen LogP contribution < -0.4 is 15.5 Å². The van der Waals surface area contributed by atoms with Crippen molar-refractivity contribution in [1.82, 2.24) is 15.3 Å². The summed E-state index contributed by atoms with van der Waals surface area (Å²) < 4.78 is 13.3. The van der Waals surface area contributed by atoms with Gasteiger partial charge in [0.05, 0.1) is 5.56 Å². The number of pyridine rings is 2. The predicted molar refractivity (Wildman–Crippen MR) is 120 cm³/mol. The summed E-state index contributed by atoms with van der Waals surface area (Å²) in [6.07, 6.45) is 0.834. The van der Waals surface area contributed by atoms with Gasteiger partial charge in [0.25, 0.3) is 5.91 Å². The van der Waals surface area contributed by atoms with Gasteiger partial charge in [-0.15, -0.1) is 0 Å². The lowest BCUT2D eigenvalue weighted by Crippen LogP contribution is -2.29. The highest BCUT2D eigenvalue weighted by molar-refractivity contribution is 6.29. The Hall–Kier alpha value is -3.72. The number of rotatable bonds is 8. The van der Waals surface area contributed by atoms with Crippen molar-refractivity contribution >= 4 is 35.2 Å². The molecule has 0 spiro atoms. The molecule has 3 aromatic rings. The molecular formula is C22H21ClFN5O3. The van der Waals surface area contributed by atoms with Gasteiger partial charge in [-0.2, -0.15) is 0 Å². The summed E-state index contributed by atoms with van der Waals surface area (Å²) in [6, 6.07) is 12.6. The van der Waals surface area contributed by atoms with Crippen molar-refractivity contribution in [2.45, 2.75) is 13.0 Å². The van der Waals surface area contributed by atoms with Crippen LogP contribution in [-0.2, 0) is 13.0 Å². The average Bonchev–Trinajstić information content (AvgIpc) is 2.77. The molecule has 8 nitrogen and oxygen atoms in total. The van der Waals surface area contributed by atoms with E-state index >= 15 is 0 Å². The van der Waals surface area contributed by atoms with Crippen LogP contribution in [0.5, 0.6) is 0 Å². The molecule has 0 fully saturated rings. The first kappa shape index (κ1) is 23.0. The van der Waals surface area contributed by atoms with Gasteiger partial charge in [0.15, 0.2) is 0 Å². The number of hydrogen-bond donors (Lipinski definition) is 3. The maximum Gasteiger partial charge on any atom is 0.412 e. The van der Waals surface area contributed by atoms with Crippen LogP contribution in [0.1, 0.15) is 21.5 Å². The fourth-order valence-electron chi connectivity index (χ4n) is 3.00. The first-order valence-corrected chi connectivity index (χ1v) is 10.1. The lowest BCUT2D eigenvalue weighted by atomic mass is 10.1. The molecule has 166 valence electrons. The van der Waals surface area contributed by atoms with Crippen molar-refractivity contribution < 1.29 is 19.1 Å². The van der Waals surface area contributed by atoms with Crippen LogP contribution in [0.2, 0.25) is 5.15 Å². The zero-order valence-electron chi connectivity index (χ0n) is 17.2. The number of carbonyl (C=O) groups excluding carboxylic acids is 1. The van der Waals surface area contributed by atoms with Gasteiger partial charge in [-0.3, -0.25) is 9.69 Å². The Labute approximate surface area is 189 Å². The third-order valence-electron chi connectivity index (χ3n) is 4.61. The molecule has 0 aliphatic carbocycles. The van der Waals surface area contributed by atoms with Crippen LogP contribution in [0, 0.1) is 5.82 Å². The number of amides is 2. The molecular weight excluding hydrogens is 437 g/mol. The SMILES string of the molecule is CN(C(=O)O)c1ncccc1CNC(=O)c1ccc(Cl)nc1NCCc1cccc(F)c1. The third kappa shape index (κ3) is 5.92. The highest BCUT2D eigenvalue weighted by Gasteiger charge is 2.17. The largest absolute Gasteiger partial charge is 0.465 e. The highest BCUT2D eigenvalue weighted by Crippen LogP contribution is 2.19. The van der Waals surface area contributed by atoms with Crippen molar-refractivity contribution in [3.8, 4) is 0 Å². The molecule has 2 amide bonds. The number of halogens is 2. The summed E-state index contributed by atoms with van der Waals surface area (Å²) in [5.41, 5.74) is 1.61. The number of carbonyl (C=O) groups is 2. The Morgan fingerprint density at radius 2 is 2.00 bits per heavy atom. The Balaban J connectivity index is 1.69. The van der Waals surface area contributed by atoms with E-state index in [0.717, 1.165) is 10.5 Å². The van der Waals surface area contributed by atoms with Crippen LogP contribution in [-0.4, -0.2) is 40.7 Å². The standard InChI is InChI=1S/C22H21ClFN5O3/c1-29(22(31)32)20-15(5-3-10-26-20)13-27-21(30)17-7-8-18(23)28-19(17)25-11-9-14-4-2-6-16(24)12-14/h2-8,10,12H,9,11,13H2,1H3,(H,25,28)(H,27,30)(H,31,32). The van der Waals surface area contributed by atoms with Crippen LogP contribution in [0.25, 0.3) is 0 Å². The molecule has 0 saturated heterocycles. The van der Waals surface area contributed by atoms with Gasteiger partial charge >= 0.3 is 6.09 Å². The minimum absolute atomic E-state index is 0.0605. The molecule has 3 N–H and O–H groups in total. The second-order valence-corrected chi connectivity index (χ2v) is 7.23. The van der Waals surface area contributed by atoms with E-state index in [-0.39, 0.29) is 28.9 Å². The first-order chi connectivity index (χ1) is 15.3. The number of carboxylic acid groups (broad SMARTS) is 1. The first-order valence-electron chi connectivity index (χ1n) is 9.68. The fourth-order valence-corrected chi connectivity index (χ4v) is 3.15. The van der Waals surface area contributed by atoms with Gasteiger partial charge in [-0.25, -0.2) is 19.2 Å². The lowest BCUT2D eigenvalue weighted by molar-refractivity contribution is 0.0951. The molecule has 3 rings (SSSR count). The molecule has 0 unspecified atom stereocenters. The molecule has 1 aromatic carbocycles. The maximum atomic E-state index is 13.3. The zero-order chi connectivity index (χ0) is 23.1. The van der Waals surface area contributed by atoms with E-state index in [2.05, 4.69) is 20.6 Å². The predicted octanol–water partition coefficient (Wildman–Crippen LogP) is 3.97. The summed E-state index contributed by atoms with van der Waals surface area (Å²) in [5.74, 6) is -0.217. The average molecular weight is 458 g/mol. The van der Waals surface area contributed by atoms with E-state index < -0.39 is 12.0 Å². The van der Waals surface area contributed by atoms with Crippen LogP contribution in [0.4, 0.5) is 20.8 Å². The quantitative estimate of drug-likeness (QED) is 0.442. The second-order valence-electron chi connectivity index (χ2n) is 6.85. The maximum absolute atomic E-state index is 13.3. The smallest absolute Gasteiger partial charge is 0.412 e. The molecule has 0 atom stereocenters. The molecule has 0 aliphatic rings. The van der Waals surface area contributed by atoms with Gasteiger partial charge in [0.2, 0.25) is 0 Å².